The molecule has 0 aromatic heterocycles. The van der Waals surface area contributed by atoms with Crippen molar-refractivity contribution in [2.75, 3.05) is 5.73 Å². The van der Waals surface area contributed by atoms with Crippen LogP contribution in [0.1, 0.15) is 5.56 Å². The highest BCUT2D eigenvalue weighted by atomic mass is 32.2. The van der Waals surface area contributed by atoms with Gasteiger partial charge in [-0.15, -0.1) is 0 Å². The summed E-state index contributed by atoms with van der Waals surface area (Å²) in [6.45, 7) is 1.87. The number of anilines is 1. The van der Waals surface area contributed by atoms with Crippen molar-refractivity contribution < 1.29 is 8.42 Å². The predicted molar refractivity (Wildman–Crippen MR) is 72.4 cm³/mol. The highest BCUT2D eigenvalue weighted by Gasteiger charge is 2.14. The summed E-state index contributed by atoms with van der Waals surface area (Å²) in [5.41, 5.74) is 8.69. The van der Waals surface area contributed by atoms with Gasteiger partial charge in [-0.1, -0.05) is 24.3 Å². The monoisotopic (exact) mass is 262 g/mol. The molecule has 0 aliphatic rings. The molecule has 0 fully saturated rings. The molecular formula is C13H14N2O2S. The minimum atomic E-state index is -3.74. The number of benzene rings is 2. The summed E-state index contributed by atoms with van der Waals surface area (Å²) in [5.74, 6) is 0. The van der Waals surface area contributed by atoms with E-state index in [1.807, 2.05) is 13.0 Å². The van der Waals surface area contributed by atoms with Gasteiger partial charge in [-0.25, -0.2) is 13.6 Å². The second-order valence-corrected chi connectivity index (χ2v) is 5.64. The topological polar surface area (TPSA) is 86.2 Å². The standard InChI is InChI=1S/C13H14N2O2S/c1-9-8-10(6-7-12(9)14)11-4-2-3-5-13(11)18(15,16)17/h2-8H,14H2,1H3,(H2,15,16,17). The molecule has 0 amide bonds. The molecule has 0 saturated carbocycles. The first-order chi connectivity index (χ1) is 8.39. The van der Waals surface area contributed by atoms with Crippen LogP contribution in [0.25, 0.3) is 11.1 Å². The Bertz CT molecular complexity index is 694. The van der Waals surface area contributed by atoms with Gasteiger partial charge in [0.1, 0.15) is 0 Å². The number of aryl methyl sites for hydroxylation is 1. The first-order valence-electron chi connectivity index (χ1n) is 5.38. The SMILES string of the molecule is Cc1cc(-c2ccccc2S(N)(=O)=O)ccc1N. The molecule has 0 atom stereocenters. The summed E-state index contributed by atoms with van der Waals surface area (Å²) < 4.78 is 23.1. The first kappa shape index (κ1) is 12.6. The molecule has 5 heteroatoms. The third-order valence-corrected chi connectivity index (χ3v) is 3.74. The van der Waals surface area contributed by atoms with E-state index < -0.39 is 10.0 Å². The van der Waals surface area contributed by atoms with Crippen molar-refractivity contribution in [2.24, 2.45) is 5.14 Å². The Hall–Kier alpha value is -1.85. The second-order valence-electron chi connectivity index (χ2n) is 4.11. The molecule has 0 aliphatic carbocycles. The van der Waals surface area contributed by atoms with Gasteiger partial charge in [-0.05, 0) is 36.2 Å². The summed E-state index contributed by atoms with van der Waals surface area (Å²) in [6, 6.07) is 12.0. The van der Waals surface area contributed by atoms with Crippen LogP contribution in [-0.4, -0.2) is 8.42 Å². The number of hydrogen-bond acceptors (Lipinski definition) is 3. The van der Waals surface area contributed by atoms with Gasteiger partial charge in [0.05, 0.1) is 4.90 Å². The molecule has 0 spiro atoms. The Labute approximate surface area is 106 Å². The third-order valence-electron chi connectivity index (χ3n) is 2.77. The van der Waals surface area contributed by atoms with Crippen molar-refractivity contribution in [1.29, 1.82) is 0 Å². The lowest BCUT2D eigenvalue weighted by Gasteiger charge is -2.09. The molecule has 0 bridgehead atoms. The first-order valence-corrected chi connectivity index (χ1v) is 6.92. The molecule has 18 heavy (non-hydrogen) atoms. The van der Waals surface area contributed by atoms with E-state index in [4.69, 9.17) is 10.9 Å². The summed E-state index contributed by atoms with van der Waals surface area (Å²) in [5, 5.41) is 5.21. The van der Waals surface area contributed by atoms with Gasteiger partial charge in [0.2, 0.25) is 10.0 Å². The van der Waals surface area contributed by atoms with Crippen molar-refractivity contribution in [2.45, 2.75) is 11.8 Å². The zero-order chi connectivity index (χ0) is 13.3. The zero-order valence-corrected chi connectivity index (χ0v) is 10.7. The zero-order valence-electron chi connectivity index (χ0n) is 9.92. The molecule has 0 unspecified atom stereocenters. The van der Waals surface area contributed by atoms with Crippen molar-refractivity contribution >= 4 is 15.7 Å². The van der Waals surface area contributed by atoms with Gasteiger partial charge in [-0.2, -0.15) is 0 Å². The fourth-order valence-corrected chi connectivity index (χ4v) is 2.56. The van der Waals surface area contributed by atoms with Gasteiger partial charge in [0, 0.05) is 11.3 Å². The van der Waals surface area contributed by atoms with E-state index in [1.165, 1.54) is 6.07 Å². The van der Waals surface area contributed by atoms with Gasteiger partial charge < -0.3 is 5.73 Å². The third kappa shape index (κ3) is 2.37. The number of rotatable bonds is 2. The molecule has 2 aromatic carbocycles. The van der Waals surface area contributed by atoms with E-state index in [9.17, 15) is 8.42 Å². The van der Waals surface area contributed by atoms with Gasteiger partial charge in [-0.3, -0.25) is 0 Å². The van der Waals surface area contributed by atoms with E-state index >= 15 is 0 Å². The van der Waals surface area contributed by atoms with Crippen molar-refractivity contribution in [3.05, 3.63) is 48.0 Å². The summed E-state index contributed by atoms with van der Waals surface area (Å²) in [7, 11) is -3.74. The van der Waals surface area contributed by atoms with Gasteiger partial charge in [0.25, 0.3) is 0 Å². The molecule has 2 rings (SSSR count). The predicted octanol–water partition coefficient (Wildman–Crippen LogP) is 1.89. The molecule has 4 nitrogen and oxygen atoms in total. The highest BCUT2D eigenvalue weighted by Crippen LogP contribution is 2.28. The fraction of sp³-hybridized carbons (Fsp3) is 0.0769. The minimum Gasteiger partial charge on any atom is -0.399 e. The average molecular weight is 262 g/mol. The Morgan fingerprint density at radius 3 is 2.33 bits per heavy atom. The summed E-state index contributed by atoms with van der Waals surface area (Å²) in [6.07, 6.45) is 0. The van der Waals surface area contributed by atoms with Crippen molar-refractivity contribution in [3.63, 3.8) is 0 Å². The number of sulfonamides is 1. The second kappa shape index (κ2) is 4.44. The average Bonchev–Trinajstić information content (AvgIpc) is 2.32. The van der Waals surface area contributed by atoms with Gasteiger partial charge in [0.15, 0.2) is 0 Å². The molecule has 0 saturated heterocycles. The normalized spacial score (nSPS) is 11.4. The summed E-state index contributed by atoms with van der Waals surface area (Å²) >= 11 is 0. The van der Waals surface area contributed by atoms with Crippen LogP contribution < -0.4 is 10.9 Å². The molecule has 0 aliphatic heterocycles. The number of nitrogens with two attached hydrogens (primary N) is 2. The van der Waals surface area contributed by atoms with Crippen LogP contribution in [0.2, 0.25) is 0 Å². The number of primary sulfonamides is 1. The van der Waals surface area contributed by atoms with Crippen LogP contribution in [0.15, 0.2) is 47.4 Å². The van der Waals surface area contributed by atoms with Crippen molar-refractivity contribution in [1.82, 2.24) is 0 Å². The van der Waals surface area contributed by atoms with Crippen LogP contribution in [0, 0.1) is 6.92 Å². The Kier molecular flexibility index (Phi) is 3.11. The lowest BCUT2D eigenvalue weighted by atomic mass is 10.0. The molecule has 94 valence electrons. The largest absolute Gasteiger partial charge is 0.399 e. The number of hydrogen-bond donors (Lipinski definition) is 2. The summed E-state index contributed by atoms with van der Waals surface area (Å²) in [4.78, 5) is 0.120. The van der Waals surface area contributed by atoms with Crippen LogP contribution in [0.3, 0.4) is 0 Å². The highest BCUT2D eigenvalue weighted by molar-refractivity contribution is 7.89. The van der Waals surface area contributed by atoms with Gasteiger partial charge >= 0.3 is 0 Å². The van der Waals surface area contributed by atoms with E-state index in [1.54, 1.807) is 30.3 Å². The lowest BCUT2D eigenvalue weighted by Crippen LogP contribution is -2.13. The van der Waals surface area contributed by atoms with Crippen LogP contribution >= 0.6 is 0 Å². The molecule has 0 radical (unpaired) electrons. The number of nitrogen functional groups attached to an aromatic ring is 1. The van der Waals surface area contributed by atoms with Crippen molar-refractivity contribution in [3.8, 4) is 11.1 Å². The quantitative estimate of drug-likeness (QED) is 0.810. The maximum atomic E-state index is 11.5. The lowest BCUT2D eigenvalue weighted by molar-refractivity contribution is 0.598. The fourth-order valence-electron chi connectivity index (χ4n) is 1.80. The minimum absolute atomic E-state index is 0.120. The van der Waals surface area contributed by atoms with Crippen LogP contribution in [0.4, 0.5) is 5.69 Å². The van der Waals surface area contributed by atoms with E-state index in [2.05, 4.69) is 0 Å². The Morgan fingerprint density at radius 2 is 1.72 bits per heavy atom. The maximum absolute atomic E-state index is 11.5. The molecular weight excluding hydrogens is 248 g/mol. The maximum Gasteiger partial charge on any atom is 0.238 e. The molecule has 4 N–H and O–H groups in total. The Balaban J connectivity index is 2.68. The van der Waals surface area contributed by atoms with Crippen LogP contribution in [0.5, 0.6) is 0 Å². The molecule has 2 aromatic rings. The molecule has 0 heterocycles. The van der Waals surface area contributed by atoms with E-state index in [-0.39, 0.29) is 4.90 Å². The van der Waals surface area contributed by atoms with Crippen LogP contribution in [-0.2, 0) is 10.0 Å². The van der Waals surface area contributed by atoms with E-state index in [0.717, 1.165) is 11.1 Å². The van der Waals surface area contributed by atoms with E-state index in [0.29, 0.717) is 11.3 Å². The smallest absolute Gasteiger partial charge is 0.238 e. The Morgan fingerprint density at radius 1 is 1.06 bits per heavy atom.